The molecule has 6 nitrogen and oxygen atoms in total. The van der Waals surface area contributed by atoms with E-state index in [4.69, 9.17) is 9.47 Å². The fourth-order valence-corrected chi connectivity index (χ4v) is 3.78. The lowest BCUT2D eigenvalue weighted by molar-refractivity contribution is 0.110. The van der Waals surface area contributed by atoms with Crippen molar-refractivity contribution in [2.75, 3.05) is 39.5 Å². The standard InChI is InChI=1S/C17H28N2O4S.ClH/c1-2-22-12-13-23-16-5-7-17(8-6-16)24(20,21)19-11-9-15-4-3-10-18-14-15;/h5-8,15,18-19H,2-4,9-14H2,1H3;1H. The monoisotopic (exact) mass is 392 g/mol. The number of hydrogen-bond acceptors (Lipinski definition) is 5. The lowest BCUT2D eigenvalue weighted by atomic mass is 9.96. The van der Waals surface area contributed by atoms with Crippen LogP contribution in [0.2, 0.25) is 0 Å². The number of ether oxygens (including phenoxy) is 2. The predicted octanol–water partition coefficient (Wildman–Crippen LogP) is 2.19. The van der Waals surface area contributed by atoms with Crippen LogP contribution in [-0.2, 0) is 14.8 Å². The summed E-state index contributed by atoms with van der Waals surface area (Å²) >= 11 is 0. The van der Waals surface area contributed by atoms with Crippen LogP contribution in [0.1, 0.15) is 26.2 Å². The number of nitrogens with one attached hydrogen (secondary N) is 2. The second-order valence-corrected chi connectivity index (χ2v) is 7.68. The Morgan fingerprint density at radius 3 is 2.64 bits per heavy atom. The molecule has 1 heterocycles. The fourth-order valence-electron chi connectivity index (χ4n) is 2.73. The summed E-state index contributed by atoms with van der Waals surface area (Å²) in [5.41, 5.74) is 0. The maximum absolute atomic E-state index is 12.3. The van der Waals surface area contributed by atoms with E-state index < -0.39 is 10.0 Å². The van der Waals surface area contributed by atoms with Gasteiger partial charge < -0.3 is 14.8 Å². The molecule has 1 aliphatic heterocycles. The number of halogens is 1. The average Bonchev–Trinajstić information content (AvgIpc) is 2.60. The van der Waals surface area contributed by atoms with Crippen molar-refractivity contribution in [2.45, 2.75) is 31.1 Å². The minimum atomic E-state index is -3.46. The molecule has 8 heteroatoms. The van der Waals surface area contributed by atoms with Gasteiger partial charge in [-0.15, -0.1) is 12.4 Å². The van der Waals surface area contributed by atoms with Crippen LogP contribution in [0.3, 0.4) is 0 Å². The molecule has 1 fully saturated rings. The minimum absolute atomic E-state index is 0. The van der Waals surface area contributed by atoms with E-state index >= 15 is 0 Å². The van der Waals surface area contributed by atoms with E-state index in [9.17, 15) is 8.42 Å². The molecule has 0 aromatic heterocycles. The number of sulfonamides is 1. The summed E-state index contributed by atoms with van der Waals surface area (Å²) in [5.74, 6) is 1.20. The predicted molar refractivity (Wildman–Crippen MR) is 101 cm³/mol. The molecule has 1 unspecified atom stereocenters. The van der Waals surface area contributed by atoms with Crippen LogP contribution in [-0.4, -0.2) is 47.9 Å². The molecule has 0 spiro atoms. The highest BCUT2D eigenvalue weighted by Crippen LogP contribution is 2.17. The number of piperidine rings is 1. The fraction of sp³-hybridized carbons (Fsp3) is 0.647. The number of hydrogen-bond donors (Lipinski definition) is 2. The van der Waals surface area contributed by atoms with Crippen LogP contribution in [0.4, 0.5) is 0 Å². The second kappa shape index (κ2) is 11.7. The van der Waals surface area contributed by atoms with E-state index in [1.807, 2.05) is 6.92 Å². The summed E-state index contributed by atoms with van der Waals surface area (Å²) in [4.78, 5) is 0.265. The average molecular weight is 393 g/mol. The van der Waals surface area contributed by atoms with Crippen LogP contribution in [0.15, 0.2) is 29.2 Å². The van der Waals surface area contributed by atoms with Gasteiger partial charge in [-0.2, -0.15) is 0 Å². The van der Waals surface area contributed by atoms with Gasteiger partial charge in [0.05, 0.1) is 11.5 Å². The molecule has 2 rings (SSSR count). The maximum atomic E-state index is 12.3. The van der Waals surface area contributed by atoms with Crippen LogP contribution >= 0.6 is 12.4 Å². The first-order valence-electron chi connectivity index (χ1n) is 8.63. The van der Waals surface area contributed by atoms with Crippen LogP contribution in [0.25, 0.3) is 0 Å². The van der Waals surface area contributed by atoms with Crippen LogP contribution in [0, 0.1) is 5.92 Å². The van der Waals surface area contributed by atoms with Gasteiger partial charge in [-0.1, -0.05) is 0 Å². The lowest BCUT2D eigenvalue weighted by Gasteiger charge is -2.22. The van der Waals surface area contributed by atoms with E-state index in [-0.39, 0.29) is 17.3 Å². The maximum Gasteiger partial charge on any atom is 0.240 e. The molecular weight excluding hydrogens is 364 g/mol. The molecular formula is C17H29ClN2O4S. The van der Waals surface area contributed by atoms with E-state index in [1.165, 1.54) is 12.8 Å². The van der Waals surface area contributed by atoms with Gasteiger partial charge in [0.15, 0.2) is 0 Å². The smallest absolute Gasteiger partial charge is 0.240 e. The molecule has 1 aromatic carbocycles. The summed E-state index contributed by atoms with van der Waals surface area (Å²) < 4.78 is 38.0. The molecule has 1 atom stereocenters. The number of rotatable bonds is 10. The quantitative estimate of drug-likeness (QED) is 0.597. The Hall–Kier alpha value is -0.860. The Balaban J connectivity index is 0.00000312. The zero-order valence-corrected chi connectivity index (χ0v) is 16.3. The molecule has 144 valence electrons. The topological polar surface area (TPSA) is 76.7 Å². The van der Waals surface area contributed by atoms with Crippen molar-refractivity contribution in [2.24, 2.45) is 5.92 Å². The molecule has 1 saturated heterocycles. The molecule has 0 aliphatic carbocycles. The van der Waals surface area contributed by atoms with Gasteiger partial charge in [-0.05, 0) is 69.5 Å². The van der Waals surface area contributed by atoms with Crippen molar-refractivity contribution in [1.29, 1.82) is 0 Å². The van der Waals surface area contributed by atoms with Crippen molar-refractivity contribution < 1.29 is 17.9 Å². The third kappa shape index (κ3) is 7.92. The zero-order chi connectivity index (χ0) is 17.3. The second-order valence-electron chi connectivity index (χ2n) is 5.92. The summed E-state index contributed by atoms with van der Waals surface area (Å²) in [6, 6.07) is 6.48. The Bertz CT molecular complexity index is 575. The molecule has 1 aliphatic rings. The minimum Gasteiger partial charge on any atom is -0.491 e. The lowest BCUT2D eigenvalue weighted by Crippen LogP contribution is -2.33. The van der Waals surface area contributed by atoms with Gasteiger partial charge in [0.25, 0.3) is 0 Å². The van der Waals surface area contributed by atoms with E-state index in [0.717, 1.165) is 19.5 Å². The molecule has 25 heavy (non-hydrogen) atoms. The molecule has 0 amide bonds. The van der Waals surface area contributed by atoms with Gasteiger partial charge in [-0.25, -0.2) is 13.1 Å². The molecule has 0 radical (unpaired) electrons. The zero-order valence-electron chi connectivity index (χ0n) is 14.7. The Labute approximate surface area is 157 Å². The molecule has 2 N–H and O–H groups in total. The van der Waals surface area contributed by atoms with Crippen molar-refractivity contribution in [3.05, 3.63) is 24.3 Å². The van der Waals surface area contributed by atoms with Crippen LogP contribution < -0.4 is 14.8 Å². The van der Waals surface area contributed by atoms with Gasteiger partial charge in [0.1, 0.15) is 12.4 Å². The summed E-state index contributed by atoms with van der Waals surface area (Å²) in [6.07, 6.45) is 3.20. The highest BCUT2D eigenvalue weighted by atomic mass is 35.5. The highest BCUT2D eigenvalue weighted by Gasteiger charge is 2.16. The third-order valence-electron chi connectivity index (χ3n) is 4.08. The first-order valence-corrected chi connectivity index (χ1v) is 10.1. The van der Waals surface area contributed by atoms with Crippen molar-refractivity contribution >= 4 is 22.4 Å². The van der Waals surface area contributed by atoms with Crippen LogP contribution in [0.5, 0.6) is 5.75 Å². The largest absolute Gasteiger partial charge is 0.491 e. The van der Waals surface area contributed by atoms with Crippen molar-refractivity contribution in [3.8, 4) is 5.75 Å². The molecule has 1 aromatic rings. The van der Waals surface area contributed by atoms with Gasteiger partial charge in [0.2, 0.25) is 10.0 Å². The van der Waals surface area contributed by atoms with Gasteiger partial charge >= 0.3 is 0 Å². The Morgan fingerprint density at radius 1 is 1.24 bits per heavy atom. The first kappa shape index (κ1) is 22.2. The summed E-state index contributed by atoms with van der Waals surface area (Å²) in [6.45, 7) is 6.08. The first-order chi connectivity index (χ1) is 11.6. The highest BCUT2D eigenvalue weighted by molar-refractivity contribution is 7.89. The summed E-state index contributed by atoms with van der Waals surface area (Å²) in [7, 11) is -3.46. The van der Waals surface area contributed by atoms with Crippen molar-refractivity contribution in [1.82, 2.24) is 10.0 Å². The SMILES string of the molecule is CCOCCOc1ccc(S(=O)(=O)NCCC2CCCNC2)cc1.Cl. The van der Waals surface area contributed by atoms with E-state index in [1.54, 1.807) is 24.3 Å². The van der Waals surface area contributed by atoms with Crippen molar-refractivity contribution in [3.63, 3.8) is 0 Å². The van der Waals surface area contributed by atoms with E-state index in [0.29, 0.717) is 38.0 Å². The normalized spacial score (nSPS) is 17.7. The van der Waals surface area contributed by atoms with E-state index in [2.05, 4.69) is 10.0 Å². The van der Waals surface area contributed by atoms with Gasteiger partial charge in [0, 0.05) is 13.2 Å². The Morgan fingerprint density at radius 2 is 2.00 bits per heavy atom. The molecule has 0 bridgehead atoms. The third-order valence-corrected chi connectivity index (χ3v) is 5.56. The number of benzene rings is 1. The molecule has 0 saturated carbocycles. The van der Waals surface area contributed by atoms with Gasteiger partial charge in [-0.3, -0.25) is 0 Å². The summed E-state index contributed by atoms with van der Waals surface area (Å²) in [5, 5.41) is 3.34. The Kier molecular flexibility index (Phi) is 10.4.